The predicted molar refractivity (Wildman–Crippen MR) is 35.7 cm³/mol. The van der Waals surface area contributed by atoms with Crippen molar-refractivity contribution in [3.8, 4) is 0 Å². The van der Waals surface area contributed by atoms with E-state index in [1.807, 2.05) is 0 Å². The van der Waals surface area contributed by atoms with Crippen LogP contribution in [0.3, 0.4) is 0 Å². The van der Waals surface area contributed by atoms with Crippen LogP contribution >= 0.6 is 10.9 Å². The first kappa shape index (κ1) is 5.96. The average molecular weight is 102 g/mol. The summed E-state index contributed by atoms with van der Waals surface area (Å²) < 4.78 is 0. The van der Waals surface area contributed by atoms with Gasteiger partial charge in [-0.1, -0.05) is 13.3 Å². The Balaban J connectivity index is 2.86. The molecule has 0 rings (SSSR count). The molecular formula is C5H10S. The summed E-state index contributed by atoms with van der Waals surface area (Å²) in [6.45, 7) is 2.16. The monoisotopic (exact) mass is 102 g/mol. The van der Waals surface area contributed by atoms with Gasteiger partial charge in [0.1, 0.15) is 0 Å². The smallest absolute Gasteiger partial charge is 0.0256 e. The Morgan fingerprint density at radius 1 is 1.83 bits per heavy atom. The van der Waals surface area contributed by atoms with Gasteiger partial charge in [0, 0.05) is 0 Å². The molecule has 0 amide bonds. The van der Waals surface area contributed by atoms with Gasteiger partial charge < -0.3 is 0 Å². The van der Waals surface area contributed by atoms with Crippen LogP contribution in [0.15, 0.2) is 0 Å². The van der Waals surface area contributed by atoms with E-state index < -0.39 is 0 Å². The van der Waals surface area contributed by atoms with Gasteiger partial charge in [-0.2, -0.15) is 10.9 Å². The highest BCUT2D eigenvalue weighted by Crippen LogP contribution is 1.79. The molecule has 0 saturated heterocycles. The second-order valence-electron chi connectivity index (χ2n) is 1.12. The van der Waals surface area contributed by atoms with Crippen LogP contribution in [0.1, 0.15) is 19.8 Å². The summed E-state index contributed by atoms with van der Waals surface area (Å²) in [5.74, 6) is 3.58. The summed E-state index contributed by atoms with van der Waals surface area (Å²) in [6, 6.07) is 0. The van der Waals surface area contributed by atoms with E-state index in [4.69, 9.17) is 0 Å². The van der Waals surface area contributed by atoms with Crippen LogP contribution in [0.2, 0.25) is 0 Å². The van der Waals surface area contributed by atoms with Gasteiger partial charge in [0.25, 0.3) is 0 Å². The highest BCUT2D eigenvalue weighted by atomic mass is 32.1. The Hall–Kier alpha value is -0.0400. The molecule has 0 saturated carbocycles. The van der Waals surface area contributed by atoms with Crippen LogP contribution in [-0.4, -0.2) is 11.2 Å². The molecule has 0 bridgehead atoms. The maximum absolute atomic E-state index is 3.58. The second kappa shape index (κ2) is 4.96. The van der Waals surface area contributed by atoms with Gasteiger partial charge in [0.05, 0.1) is 0 Å². The third-order valence-corrected chi connectivity index (χ3v) is 0.996. The summed E-state index contributed by atoms with van der Waals surface area (Å²) in [4.78, 5) is 0. The van der Waals surface area contributed by atoms with E-state index in [1.165, 1.54) is 12.8 Å². The number of hydrogen-bond donors (Lipinski definition) is 0. The second-order valence-corrected chi connectivity index (χ2v) is 1.79. The zero-order valence-electron chi connectivity index (χ0n) is 4.11. The van der Waals surface area contributed by atoms with E-state index >= 15 is 0 Å². The lowest BCUT2D eigenvalue weighted by Crippen LogP contribution is -1.62. The van der Waals surface area contributed by atoms with Gasteiger partial charge in [-0.15, -0.1) is 0 Å². The van der Waals surface area contributed by atoms with Crippen LogP contribution < -0.4 is 0 Å². The van der Waals surface area contributed by atoms with Crippen molar-refractivity contribution in [1.82, 2.24) is 0 Å². The molecule has 0 aliphatic rings. The van der Waals surface area contributed by atoms with Gasteiger partial charge in [-0.3, -0.25) is 0 Å². The molecule has 0 fully saturated rings. The van der Waals surface area contributed by atoms with Gasteiger partial charge in [-0.25, -0.2) is 0 Å². The van der Waals surface area contributed by atoms with Crippen molar-refractivity contribution < 1.29 is 0 Å². The Kier molecular flexibility index (Phi) is 4.93. The van der Waals surface area contributed by atoms with E-state index in [0.29, 0.717) is 0 Å². The molecule has 6 heavy (non-hydrogen) atoms. The lowest BCUT2D eigenvalue weighted by Gasteiger charge is -1.73. The fourth-order valence-corrected chi connectivity index (χ4v) is 0.604. The van der Waals surface area contributed by atoms with E-state index in [-0.39, 0.29) is 0 Å². The number of hydrogen-bond acceptors (Lipinski definition) is 0. The van der Waals surface area contributed by atoms with E-state index in [1.54, 1.807) is 10.9 Å². The first-order valence-corrected chi connectivity index (χ1v) is 3.19. The van der Waals surface area contributed by atoms with Crippen molar-refractivity contribution in [1.29, 1.82) is 0 Å². The number of unbranched alkanes of at least 4 members (excludes halogenated alkanes) is 1. The zero-order valence-corrected chi connectivity index (χ0v) is 4.92. The molecule has 0 unspecified atom stereocenters. The molecule has 0 aromatic heterocycles. The van der Waals surface area contributed by atoms with Crippen LogP contribution in [0.4, 0.5) is 0 Å². The predicted octanol–water partition coefficient (Wildman–Crippen LogP) is 1.75. The fourth-order valence-electron chi connectivity index (χ4n) is 0.201. The molecule has 36 valence electrons. The molecule has 0 heterocycles. The Labute approximate surface area is 42.7 Å². The Bertz CT molecular complexity index is 60.3. The van der Waals surface area contributed by atoms with Gasteiger partial charge in [0.15, 0.2) is 0 Å². The highest BCUT2D eigenvalue weighted by molar-refractivity contribution is 7.94. The van der Waals surface area contributed by atoms with Gasteiger partial charge >= 0.3 is 0 Å². The SMILES string of the molecule is C=S=CCCC. The lowest BCUT2D eigenvalue weighted by atomic mass is 10.4. The summed E-state index contributed by atoms with van der Waals surface area (Å²) >= 11 is 0. The molecule has 1 heteroatoms. The van der Waals surface area contributed by atoms with E-state index in [2.05, 4.69) is 18.2 Å². The molecule has 0 spiro atoms. The van der Waals surface area contributed by atoms with Crippen molar-refractivity contribution in [2.24, 2.45) is 0 Å². The Morgan fingerprint density at radius 3 is 2.67 bits per heavy atom. The van der Waals surface area contributed by atoms with Crippen LogP contribution in [0.5, 0.6) is 0 Å². The van der Waals surface area contributed by atoms with Crippen molar-refractivity contribution in [3.05, 3.63) is 0 Å². The summed E-state index contributed by atoms with van der Waals surface area (Å²) in [6.07, 6.45) is 2.43. The van der Waals surface area contributed by atoms with Crippen molar-refractivity contribution in [3.63, 3.8) is 0 Å². The molecule has 0 radical (unpaired) electrons. The van der Waals surface area contributed by atoms with Crippen LogP contribution in [-0.2, 0) is 0 Å². The number of rotatable bonds is 2. The summed E-state index contributed by atoms with van der Waals surface area (Å²) in [5.41, 5.74) is 0. The maximum atomic E-state index is 3.58. The quantitative estimate of drug-likeness (QED) is 0.466. The van der Waals surface area contributed by atoms with E-state index in [0.717, 1.165) is 0 Å². The topological polar surface area (TPSA) is 0 Å². The molecule has 0 aromatic carbocycles. The van der Waals surface area contributed by atoms with E-state index in [9.17, 15) is 0 Å². The normalized spacial score (nSPS) is 7.50. The first-order chi connectivity index (χ1) is 2.91. The molecular weight excluding hydrogens is 92.1 g/mol. The molecule has 0 aromatic rings. The zero-order chi connectivity index (χ0) is 4.83. The summed E-state index contributed by atoms with van der Waals surface area (Å²) in [5, 5.41) is 2.11. The maximum Gasteiger partial charge on any atom is -0.0256 e. The van der Waals surface area contributed by atoms with Crippen LogP contribution in [0.25, 0.3) is 0 Å². The van der Waals surface area contributed by atoms with Crippen molar-refractivity contribution >= 4 is 22.2 Å². The largest absolute Gasteiger partial charge is 0.165 e. The average Bonchev–Trinajstić information content (AvgIpc) is 1.61. The molecule has 0 aliphatic heterocycles. The standard InChI is InChI=1S/C5H10S/c1-3-4-5-6-2/h5H,2-4H2,1H3. The molecule has 0 aliphatic carbocycles. The van der Waals surface area contributed by atoms with Gasteiger partial charge in [-0.05, 0) is 17.7 Å². The molecule has 0 atom stereocenters. The lowest BCUT2D eigenvalue weighted by molar-refractivity contribution is 1.02. The van der Waals surface area contributed by atoms with Gasteiger partial charge in [0.2, 0.25) is 0 Å². The molecule has 0 nitrogen and oxygen atoms in total. The minimum atomic E-state index is 1.19. The fraction of sp³-hybridized carbons (Fsp3) is 0.600. The van der Waals surface area contributed by atoms with Crippen LogP contribution in [0, 0.1) is 0 Å². The minimum Gasteiger partial charge on any atom is -0.165 e. The summed E-state index contributed by atoms with van der Waals surface area (Å²) in [7, 11) is 1.55. The first-order valence-electron chi connectivity index (χ1n) is 2.14. The highest BCUT2D eigenvalue weighted by Gasteiger charge is 1.64. The molecule has 0 N–H and O–H groups in total. The van der Waals surface area contributed by atoms with Crippen molar-refractivity contribution in [2.45, 2.75) is 19.8 Å². The van der Waals surface area contributed by atoms with Crippen molar-refractivity contribution in [2.75, 3.05) is 0 Å². The minimum absolute atomic E-state index is 1.19. The third-order valence-electron chi connectivity index (χ3n) is 0.524. The Morgan fingerprint density at radius 2 is 2.50 bits per heavy atom. The third kappa shape index (κ3) is 3.96.